The van der Waals surface area contributed by atoms with Gasteiger partial charge in [0, 0.05) is 5.02 Å². The molecule has 2 atom stereocenters. The van der Waals surface area contributed by atoms with Gasteiger partial charge in [-0.25, -0.2) is 0 Å². The summed E-state index contributed by atoms with van der Waals surface area (Å²) in [5.74, 6) is 2.75. The zero-order valence-corrected chi connectivity index (χ0v) is 10.2. The van der Waals surface area contributed by atoms with Gasteiger partial charge in [-0.05, 0) is 67.8 Å². The molecular formula is C14H18ClN. The van der Waals surface area contributed by atoms with E-state index in [2.05, 4.69) is 23.5 Å². The lowest BCUT2D eigenvalue weighted by Gasteiger charge is -2.17. The molecule has 1 aliphatic heterocycles. The predicted molar refractivity (Wildman–Crippen MR) is 67.7 cm³/mol. The van der Waals surface area contributed by atoms with E-state index in [1.165, 1.54) is 37.9 Å². The van der Waals surface area contributed by atoms with Gasteiger partial charge in [-0.1, -0.05) is 23.7 Å². The number of nitrogens with one attached hydrogen (secondary N) is 1. The second kappa shape index (κ2) is 4.38. The first-order chi connectivity index (χ1) is 7.83. The van der Waals surface area contributed by atoms with Crippen molar-refractivity contribution in [1.82, 2.24) is 5.32 Å². The third-order valence-corrected chi connectivity index (χ3v) is 4.24. The molecular weight excluding hydrogens is 218 g/mol. The molecule has 86 valence electrons. The molecule has 3 rings (SSSR count). The van der Waals surface area contributed by atoms with Crippen LogP contribution in [0.3, 0.4) is 0 Å². The van der Waals surface area contributed by atoms with Crippen LogP contribution in [0.4, 0.5) is 0 Å². The Morgan fingerprint density at radius 3 is 2.88 bits per heavy atom. The summed E-state index contributed by atoms with van der Waals surface area (Å²) in [4.78, 5) is 0. The van der Waals surface area contributed by atoms with Crippen molar-refractivity contribution in [1.29, 1.82) is 0 Å². The van der Waals surface area contributed by atoms with Gasteiger partial charge >= 0.3 is 0 Å². The fraction of sp³-hybridized carbons (Fsp3) is 0.571. The third-order valence-electron chi connectivity index (χ3n) is 4.01. The summed E-state index contributed by atoms with van der Waals surface area (Å²) in [6.45, 7) is 2.42. The Labute approximate surface area is 102 Å². The van der Waals surface area contributed by atoms with Crippen molar-refractivity contribution in [2.24, 2.45) is 17.8 Å². The maximum absolute atomic E-state index is 6.03. The first-order valence-electron chi connectivity index (χ1n) is 6.28. The van der Waals surface area contributed by atoms with Gasteiger partial charge in [-0.15, -0.1) is 0 Å². The van der Waals surface area contributed by atoms with Crippen molar-refractivity contribution in [2.45, 2.75) is 19.3 Å². The Balaban J connectivity index is 1.69. The first kappa shape index (κ1) is 10.6. The summed E-state index contributed by atoms with van der Waals surface area (Å²) in [7, 11) is 0. The summed E-state index contributed by atoms with van der Waals surface area (Å²) in [5.41, 5.74) is 1.40. The van der Waals surface area contributed by atoms with Gasteiger partial charge in [-0.3, -0.25) is 0 Å². The Hall–Kier alpha value is -0.530. The Kier molecular flexibility index (Phi) is 2.91. The summed E-state index contributed by atoms with van der Waals surface area (Å²) < 4.78 is 0. The minimum absolute atomic E-state index is 0.825. The van der Waals surface area contributed by atoms with Crippen LogP contribution in [-0.4, -0.2) is 13.1 Å². The average Bonchev–Trinajstić information content (AvgIpc) is 3.00. The SMILES string of the molecule is Clc1cccc(C[C@@H]2CNC[C@@H]2C2CC2)c1. The first-order valence-corrected chi connectivity index (χ1v) is 6.66. The van der Waals surface area contributed by atoms with E-state index in [0.29, 0.717) is 0 Å². The van der Waals surface area contributed by atoms with E-state index in [1.54, 1.807) is 0 Å². The van der Waals surface area contributed by atoms with Gasteiger partial charge < -0.3 is 5.32 Å². The number of rotatable bonds is 3. The average molecular weight is 236 g/mol. The maximum Gasteiger partial charge on any atom is 0.0408 e. The number of hydrogen-bond acceptors (Lipinski definition) is 1. The summed E-state index contributed by atoms with van der Waals surface area (Å²) in [6.07, 6.45) is 4.10. The largest absolute Gasteiger partial charge is 0.316 e. The standard InChI is InChI=1S/C14H18ClN/c15-13-3-1-2-10(7-13)6-12-8-16-9-14(12)11-4-5-11/h1-3,7,11-12,14,16H,4-6,8-9H2/t12-,14-/m1/s1. The van der Waals surface area contributed by atoms with Crippen molar-refractivity contribution in [3.8, 4) is 0 Å². The van der Waals surface area contributed by atoms with E-state index in [0.717, 1.165) is 22.8 Å². The highest BCUT2D eigenvalue weighted by Gasteiger charge is 2.38. The van der Waals surface area contributed by atoms with Crippen molar-refractivity contribution in [3.63, 3.8) is 0 Å². The molecule has 2 heteroatoms. The van der Waals surface area contributed by atoms with E-state index < -0.39 is 0 Å². The lowest BCUT2D eigenvalue weighted by Crippen LogP contribution is -2.16. The van der Waals surface area contributed by atoms with Crippen LogP contribution in [0.5, 0.6) is 0 Å². The van der Waals surface area contributed by atoms with Gasteiger partial charge in [0.25, 0.3) is 0 Å². The Morgan fingerprint density at radius 1 is 1.25 bits per heavy atom. The van der Waals surface area contributed by atoms with Crippen LogP contribution in [0.25, 0.3) is 0 Å². The van der Waals surface area contributed by atoms with Crippen molar-refractivity contribution < 1.29 is 0 Å². The number of hydrogen-bond donors (Lipinski definition) is 1. The molecule has 0 unspecified atom stereocenters. The Morgan fingerprint density at radius 2 is 2.12 bits per heavy atom. The summed E-state index contributed by atoms with van der Waals surface area (Å²) >= 11 is 6.03. The minimum Gasteiger partial charge on any atom is -0.316 e. The molecule has 1 nitrogen and oxygen atoms in total. The van der Waals surface area contributed by atoms with E-state index in [4.69, 9.17) is 11.6 Å². The van der Waals surface area contributed by atoms with Crippen LogP contribution >= 0.6 is 11.6 Å². The van der Waals surface area contributed by atoms with E-state index >= 15 is 0 Å². The van der Waals surface area contributed by atoms with Crippen LogP contribution in [0.1, 0.15) is 18.4 Å². The zero-order valence-electron chi connectivity index (χ0n) is 9.45. The van der Waals surface area contributed by atoms with Gasteiger partial charge in [0.2, 0.25) is 0 Å². The van der Waals surface area contributed by atoms with Gasteiger partial charge in [0.15, 0.2) is 0 Å². The van der Waals surface area contributed by atoms with Crippen molar-refractivity contribution >= 4 is 11.6 Å². The maximum atomic E-state index is 6.03. The molecule has 16 heavy (non-hydrogen) atoms. The highest BCUT2D eigenvalue weighted by molar-refractivity contribution is 6.30. The predicted octanol–water partition coefficient (Wildman–Crippen LogP) is 3.13. The molecule has 0 amide bonds. The van der Waals surface area contributed by atoms with Gasteiger partial charge in [0.05, 0.1) is 0 Å². The van der Waals surface area contributed by atoms with Crippen LogP contribution < -0.4 is 5.32 Å². The normalized spacial score (nSPS) is 29.6. The van der Waals surface area contributed by atoms with Crippen LogP contribution in [0, 0.1) is 17.8 Å². The van der Waals surface area contributed by atoms with Gasteiger partial charge in [0.1, 0.15) is 0 Å². The smallest absolute Gasteiger partial charge is 0.0408 e. The number of halogens is 1. The summed E-state index contributed by atoms with van der Waals surface area (Å²) in [5, 5.41) is 4.41. The molecule has 2 aliphatic rings. The number of benzene rings is 1. The molecule has 0 aromatic heterocycles. The highest BCUT2D eigenvalue weighted by Crippen LogP contribution is 2.42. The monoisotopic (exact) mass is 235 g/mol. The van der Waals surface area contributed by atoms with Gasteiger partial charge in [-0.2, -0.15) is 0 Å². The molecule has 0 bridgehead atoms. The molecule has 1 aliphatic carbocycles. The second-order valence-corrected chi connectivity index (χ2v) is 5.69. The quantitative estimate of drug-likeness (QED) is 0.849. The van der Waals surface area contributed by atoms with Crippen LogP contribution in [-0.2, 0) is 6.42 Å². The van der Waals surface area contributed by atoms with Crippen molar-refractivity contribution in [3.05, 3.63) is 34.9 Å². The lowest BCUT2D eigenvalue weighted by molar-refractivity contribution is 0.373. The third kappa shape index (κ3) is 2.26. The molecule has 1 aromatic rings. The molecule has 1 saturated heterocycles. The highest BCUT2D eigenvalue weighted by atomic mass is 35.5. The zero-order chi connectivity index (χ0) is 11.0. The van der Waals surface area contributed by atoms with E-state index in [9.17, 15) is 0 Å². The Bertz CT molecular complexity index is 373. The minimum atomic E-state index is 0.825. The fourth-order valence-corrected chi connectivity index (χ4v) is 3.23. The van der Waals surface area contributed by atoms with E-state index in [-0.39, 0.29) is 0 Å². The van der Waals surface area contributed by atoms with E-state index in [1.807, 2.05) is 6.07 Å². The molecule has 1 aromatic carbocycles. The van der Waals surface area contributed by atoms with Crippen LogP contribution in [0.2, 0.25) is 5.02 Å². The summed E-state index contributed by atoms with van der Waals surface area (Å²) in [6, 6.07) is 8.33. The fourth-order valence-electron chi connectivity index (χ4n) is 3.02. The molecule has 1 saturated carbocycles. The van der Waals surface area contributed by atoms with Crippen LogP contribution in [0.15, 0.2) is 24.3 Å². The molecule has 0 spiro atoms. The second-order valence-electron chi connectivity index (χ2n) is 5.25. The topological polar surface area (TPSA) is 12.0 Å². The van der Waals surface area contributed by atoms with Crippen molar-refractivity contribution in [2.75, 3.05) is 13.1 Å². The molecule has 1 N–H and O–H groups in total. The molecule has 1 heterocycles. The molecule has 0 radical (unpaired) electrons. The molecule has 2 fully saturated rings. The lowest BCUT2D eigenvalue weighted by atomic mass is 9.86.